The van der Waals surface area contributed by atoms with Crippen LogP contribution in [0.15, 0.2) is 28.8 Å². The van der Waals surface area contributed by atoms with Crippen molar-refractivity contribution in [1.29, 1.82) is 0 Å². The number of carbonyl (C=O) groups excluding carboxylic acids is 1. The van der Waals surface area contributed by atoms with Crippen LogP contribution >= 0.6 is 0 Å². The molecule has 8 heteroatoms. The van der Waals surface area contributed by atoms with Crippen molar-refractivity contribution in [2.24, 2.45) is 5.92 Å². The average Bonchev–Trinajstić information content (AvgIpc) is 3.27. The van der Waals surface area contributed by atoms with Gasteiger partial charge in [0.15, 0.2) is 0 Å². The van der Waals surface area contributed by atoms with E-state index in [1.807, 2.05) is 52.0 Å². The molecule has 1 amide bonds. The van der Waals surface area contributed by atoms with E-state index in [-0.39, 0.29) is 6.09 Å². The molecule has 1 N–H and O–H groups in total. The molecule has 0 radical (unpaired) electrons. The van der Waals surface area contributed by atoms with E-state index in [0.717, 1.165) is 24.3 Å². The molecule has 0 aliphatic carbocycles. The summed E-state index contributed by atoms with van der Waals surface area (Å²) >= 11 is 0. The number of ether oxygens (including phenoxy) is 2. The number of likely N-dealkylation sites (tertiary alicyclic amines) is 1. The summed E-state index contributed by atoms with van der Waals surface area (Å²) in [4.78, 5) is 18.8. The van der Waals surface area contributed by atoms with Gasteiger partial charge in [0.05, 0.1) is 18.7 Å². The predicted octanol–water partition coefficient (Wildman–Crippen LogP) is 3.87. The number of hydrogen-bond donors (Lipinski definition) is 1. The first-order valence-corrected chi connectivity index (χ1v) is 10.5. The van der Waals surface area contributed by atoms with Crippen molar-refractivity contribution in [2.75, 3.05) is 19.7 Å². The van der Waals surface area contributed by atoms with Gasteiger partial charge in [0.2, 0.25) is 11.7 Å². The number of nitrogens with one attached hydrogen (secondary N) is 1. The molecule has 0 unspecified atom stereocenters. The smallest absolute Gasteiger partial charge is 0.407 e. The van der Waals surface area contributed by atoms with Crippen molar-refractivity contribution in [3.05, 3.63) is 30.2 Å². The van der Waals surface area contributed by atoms with Gasteiger partial charge in [-0.15, -0.1) is 0 Å². The number of carbonyl (C=O) groups is 1. The molecule has 1 aromatic carbocycles. The van der Waals surface area contributed by atoms with Crippen molar-refractivity contribution in [2.45, 2.75) is 59.2 Å². The molecule has 0 bridgehead atoms. The molecular formula is C22H32N4O4. The molecule has 0 saturated carbocycles. The summed E-state index contributed by atoms with van der Waals surface area (Å²) < 4.78 is 16.5. The number of hydrogen-bond acceptors (Lipinski definition) is 7. The highest BCUT2D eigenvalue weighted by Crippen LogP contribution is 2.29. The standard InChI is InChI=1S/C22H32N4O4/c1-6-28-18-10-8-7-9-17(18)20-24-19(30-25-20)14-26-13-16(11-15(26)2)12-23-21(27)29-22(3,4)5/h7-10,15-16H,6,11-14H2,1-5H3,(H,23,27)/t15-,16+/m0/s1. The van der Waals surface area contributed by atoms with Gasteiger partial charge < -0.3 is 19.3 Å². The van der Waals surface area contributed by atoms with Gasteiger partial charge in [-0.25, -0.2) is 4.79 Å². The number of aromatic nitrogens is 2. The molecule has 164 valence electrons. The van der Waals surface area contributed by atoms with Gasteiger partial charge in [-0.05, 0) is 59.1 Å². The lowest BCUT2D eigenvalue weighted by atomic mass is 10.1. The fourth-order valence-corrected chi connectivity index (χ4v) is 3.66. The van der Waals surface area contributed by atoms with E-state index >= 15 is 0 Å². The monoisotopic (exact) mass is 416 g/mol. The number of alkyl carbamates (subject to hydrolysis) is 1. The highest BCUT2D eigenvalue weighted by molar-refractivity contribution is 5.67. The van der Waals surface area contributed by atoms with E-state index in [9.17, 15) is 4.79 Å². The van der Waals surface area contributed by atoms with Crippen LogP contribution in [0.3, 0.4) is 0 Å². The zero-order valence-corrected chi connectivity index (χ0v) is 18.5. The molecule has 30 heavy (non-hydrogen) atoms. The fourth-order valence-electron chi connectivity index (χ4n) is 3.66. The van der Waals surface area contributed by atoms with Crippen LogP contribution in [0.4, 0.5) is 4.79 Å². The van der Waals surface area contributed by atoms with Crippen molar-refractivity contribution in [1.82, 2.24) is 20.4 Å². The second kappa shape index (κ2) is 9.47. The van der Waals surface area contributed by atoms with Gasteiger partial charge in [0, 0.05) is 19.1 Å². The highest BCUT2D eigenvalue weighted by atomic mass is 16.6. The van der Waals surface area contributed by atoms with E-state index in [2.05, 4.69) is 27.3 Å². The fraction of sp³-hybridized carbons (Fsp3) is 0.591. The second-order valence-corrected chi connectivity index (χ2v) is 8.70. The lowest BCUT2D eigenvalue weighted by molar-refractivity contribution is 0.0519. The molecule has 8 nitrogen and oxygen atoms in total. The summed E-state index contributed by atoms with van der Waals surface area (Å²) in [5, 5.41) is 7.02. The first-order valence-electron chi connectivity index (χ1n) is 10.5. The zero-order valence-electron chi connectivity index (χ0n) is 18.5. The van der Waals surface area contributed by atoms with Crippen LogP contribution in [-0.2, 0) is 11.3 Å². The van der Waals surface area contributed by atoms with Crippen molar-refractivity contribution in [3.63, 3.8) is 0 Å². The zero-order chi connectivity index (χ0) is 21.7. The Kier molecular flexibility index (Phi) is 6.97. The lowest BCUT2D eigenvalue weighted by Crippen LogP contribution is -2.36. The summed E-state index contributed by atoms with van der Waals surface area (Å²) in [5.74, 6) is 2.21. The van der Waals surface area contributed by atoms with Crippen LogP contribution in [0, 0.1) is 5.92 Å². The maximum absolute atomic E-state index is 11.9. The van der Waals surface area contributed by atoms with Crippen LogP contribution in [0.1, 0.15) is 46.9 Å². The van der Waals surface area contributed by atoms with E-state index < -0.39 is 5.60 Å². The lowest BCUT2D eigenvalue weighted by Gasteiger charge is -2.20. The van der Waals surface area contributed by atoms with Crippen LogP contribution in [0.25, 0.3) is 11.4 Å². The molecule has 2 atom stereocenters. The second-order valence-electron chi connectivity index (χ2n) is 8.70. The number of amides is 1. The van der Waals surface area contributed by atoms with Crippen molar-refractivity contribution >= 4 is 6.09 Å². The van der Waals surface area contributed by atoms with Crippen LogP contribution < -0.4 is 10.1 Å². The Labute approximate surface area is 177 Å². The van der Waals surface area contributed by atoms with E-state index in [1.54, 1.807) is 0 Å². The Morgan fingerprint density at radius 2 is 2.10 bits per heavy atom. The molecular weight excluding hydrogens is 384 g/mol. The Bertz CT molecular complexity index is 846. The van der Waals surface area contributed by atoms with Crippen LogP contribution in [0.5, 0.6) is 5.75 Å². The summed E-state index contributed by atoms with van der Waals surface area (Å²) in [5.41, 5.74) is 0.332. The normalized spacial score (nSPS) is 19.6. The maximum Gasteiger partial charge on any atom is 0.407 e. The van der Waals surface area contributed by atoms with Crippen molar-refractivity contribution < 1.29 is 18.8 Å². The van der Waals surface area contributed by atoms with Gasteiger partial charge in [0.25, 0.3) is 0 Å². The van der Waals surface area contributed by atoms with Gasteiger partial charge >= 0.3 is 6.09 Å². The molecule has 2 heterocycles. The summed E-state index contributed by atoms with van der Waals surface area (Å²) in [6, 6.07) is 8.04. The molecule has 1 aromatic heterocycles. The highest BCUT2D eigenvalue weighted by Gasteiger charge is 2.31. The third kappa shape index (κ3) is 5.95. The molecule has 1 fully saturated rings. The molecule has 2 aromatic rings. The van der Waals surface area contributed by atoms with Crippen molar-refractivity contribution in [3.8, 4) is 17.1 Å². The number of nitrogens with zero attached hydrogens (tertiary/aromatic N) is 3. The summed E-state index contributed by atoms with van der Waals surface area (Å²) in [7, 11) is 0. The molecule has 3 rings (SSSR count). The minimum absolute atomic E-state index is 0.355. The third-order valence-electron chi connectivity index (χ3n) is 4.96. The minimum atomic E-state index is -0.491. The summed E-state index contributed by atoms with van der Waals surface area (Å²) in [6.45, 7) is 12.3. The number of benzene rings is 1. The largest absolute Gasteiger partial charge is 0.493 e. The first kappa shape index (κ1) is 22.1. The SMILES string of the molecule is CCOc1ccccc1-c1noc(CN2C[C@@H](CNC(=O)OC(C)(C)C)C[C@@H]2C)n1. The Hall–Kier alpha value is -2.61. The molecule has 1 aliphatic heterocycles. The van der Waals surface area contributed by atoms with Crippen LogP contribution in [-0.4, -0.2) is 52.5 Å². The topological polar surface area (TPSA) is 89.7 Å². The van der Waals surface area contributed by atoms with Crippen LogP contribution in [0.2, 0.25) is 0 Å². The Morgan fingerprint density at radius 3 is 2.83 bits per heavy atom. The average molecular weight is 417 g/mol. The quantitative estimate of drug-likeness (QED) is 0.733. The van der Waals surface area contributed by atoms with Gasteiger partial charge in [-0.2, -0.15) is 4.98 Å². The van der Waals surface area contributed by atoms with Gasteiger partial charge in [-0.3, -0.25) is 4.90 Å². The molecule has 0 spiro atoms. The molecule has 1 saturated heterocycles. The van der Waals surface area contributed by atoms with Gasteiger partial charge in [-0.1, -0.05) is 17.3 Å². The Morgan fingerprint density at radius 1 is 1.33 bits per heavy atom. The number of rotatable bonds is 7. The third-order valence-corrected chi connectivity index (χ3v) is 4.96. The predicted molar refractivity (Wildman–Crippen MR) is 113 cm³/mol. The molecule has 1 aliphatic rings. The summed E-state index contributed by atoms with van der Waals surface area (Å²) in [6.07, 6.45) is 0.618. The maximum atomic E-state index is 11.9. The first-order chi connectivity index (χ1) is 14.2. The van der Waals surface area contributed by atoms with E-state index in [4.69, 9.17) is 14.0 Å². The Balaban J connectivity index is 1.56. The minimum Gasteiger partial charge on any atom is -0.493 e. The number of para-hydroxylation sites is 1. The van der Waals surface area contributed by atoms with Gasteiger partial charge in [0.1, 0.15) is 11.4 Å². The van der Waals surface area contributed by atoms with E-state index in [1.165, 1.54) is 0 Å². The van der Waals surface area contributed by atoms with E-state index in [0.29, 0.717) is 43.4 Å².